The number of hydrogen-bond donors (Lipinski definition) is 1. The average Bonchev–Trinajstić information content (AvgIpc) is 3.13. The van der Waals surface area contributed by atoms with Gasteiger partial charge in [0, 0.05) is 13.6 Å². The van der Waals surface area contributed by atoms with E-state index in [1.165, 1.54) is 4.31 Å². The van der Waals surface area contributed by atoms with Crippen LogP contribution in [0.2, 0.25) is 0 Å². The van der Waals surface area contributed by atoms with Crippen molar-refractivity contribution in [2.75, 3.05) is 13.6 Å². The summed E-state index contributed by atoms with van der Waals surface area (Å²) in [5.74, 6) is 0.518. The summed E-state index contributed by atoms with van der Waals surface area (Å²) in [6, 6.07) is 6.51. The molecular weight excluding hydrogens is 250 g/mol. The molecule has 1 atom stereocenters. The van der Waals surface area contributed by atoms with Gasteiger partial charge in [-0.1, -0.05) is 12.1 Å². The summed E-state index contributed by atoms with van der Waals surface area (Å²) in [6.07, 6.45) is 1.58. The molecule has 2 rings (SSSR count). The summed E-state index contributed by atoms with van der Waals surface area (Å²) < 4.78 is 26.0. The molecule has 5 heteroatoms. The molecule has 0 aliphatic heterocycles. The summed E-state index contributed by atoms with van der Waals surface area (Å²) in [7, 11) is -1.81. The van der Waals surface area contributed by atoms with E-state index < -0.39 is 16.1 Å². The highest BCUT2D eigenvalue weighted by molar-refractivity contribution is 7.89. The van der Waals surface area contributed by atoms with Gasteiger partial charge in [-0.3, -0.25) is 0 Å². The van der Waals surface area contributed by atoms with Gasteiger partial charge >= 0.3 is 0 Å². The summed E-state index contributed by atoms with van der Waals surface area (Å²) in [5.41, 5.74) is 0.621. The quantitative estimate of drug-likeness (QED) is 0.886. The molecule has 0 amide bonds. The van der Waals surface area contributed by atoms with Crippen LogP contribution in [0.3, 0.4) is 0 Å². The fraction of sp³-hybridized carbons (Fsp3) is 0.538. The van der Waals surface area contributed by atoms with Crippen molar-refractivity contribution in [3.05, 3.63) is 29.8 Å². The second-order valence-corrected chi connectivity index (χ2v) is 7.02. The molecule has 0 bridgehead atoms. The Morgan fingerprint density at radius 1 is 1.44 bits per heavy atom. The number of hydrogen-bond acceptors (Lipinski definition) is 3. The molecule has 18 heavy (non-hydrogen) atoms. The van der Waals surface area contributed by atoms with Crippen molar-refractivity contribution in [2.24, 2.45) is 5.92 Å². The monoisotopic (exact) mass is 269 g/mol. The maximum absolute atomic E-state index is 12.3. The molecule has 1 aromatic carbocycles. The predicted octanol–water partition coefficient (Wildman–Crippen LogP) is 1.77. The largest absolute Gasteiger partial charge is 0.389 e. The first-order valence-corrected chi connectivity index (χ1v) is 7.59. The van der Waals surface area contributed by atoms with Crippen molar-refractivity contribution in [3.8, 4) is 0 Å². The van der Waals surface area contributed by atoms with Crippen molar-refractivity contribution in [2.45, 2.75) is 30.8 Å². The van der Waals surface area contributed by atoms with E-state index in [-0.39, 0.29) is 4.90 Å². The Morgan fingerprint density at radius 2 is 2.11 bits per heavy atom. The average molecular weight is 269 g/mol. The van der Waals surface area contributed by atoms with Crippen LogP contribution in [-0.4, -0.2) is 31.4 Å². The van der Waals surface area contributed by atoms with Gasteiger partial charge < -0.3 is 5.11 Å². The summed E-state index contributed by atoms with van der Waals surface area (Å²) in [4.78, 5) is 0.254. The van der Waals surface area contributed by atoms with E-state index in [2.05, 4.69) is 0 Å². The molecule has 0 spiro atoms. The number of aliphatic hydroxyl groups excluding tert-OH is 1. The third-order valence-electron chi connectivity index (χ3n) is 3.26. The first kappa shape index (κ1) is 13.5. The van der Waals surface area contributed by atoms with Gasteiger partial charge in [-0.05, 0) is 43.4 Å². The van der Waals surface area contributed by atoms with Crippen LogP contribution in [0.5, 0.6) is 0 Å². The zero-order valence-electron chi connectivity index (χ0n) is 10.7. The molecule has 1 aliphatic carbocycles. The van der Waals surface area contributed by atoms with Crippen LogP contribution in [0, 0.1) is 5.92 Å². The standard InChI is InChI=1S/C13H19NO3S/c1-10(15)12-4-3-5-13(8-12)18(16,17)14(2)9-11-6-7-11/h3-5,8,10-11,15H,6-7,9H2,1-2H3. The zero-order chi connectivity index (χ0) is 13.3. The van der Waals surface area contributed by atoms with Crippen molar-refractivity contribution < 1.29 is 13.5 Å². The van der Waals surface area contributed by atoms with Gasteiger partial charge in [-0.25, -0.2) is 12.7 Å². The van der Waals surface area contributed by atoms with Crippen LogP contribution in [0.1, 0.15) is 31.4 Å². The Balaban J connectivity index is 2.25. The summed E-state index contributed by atoms with van der Waals surface area (Å²) in [6.45, 7) is 2.21. The number of benzene rings is 1. The maximum Gasteiger partial charge on any atom is 0.242 e. The Hall–Kier alpha value is -0.910. The van der Waals surface area contributed by atoms with E-state index in [0.29, 0.717) is 18.0 Å². The molecule has 100 valence electrons. The van der Waals surface area contributed by atoms with Crippen LogP contribution in [0.25, 0.3) is 0 Å². The minimum absolute atomic E-state index is 0.254. The molecule has 0 heterocycles. The Morgan fingerprint density at radius 3 is 2.67 bits per heavy atom. The van der Waals surface area contributed by atoms with E-state index in [9.17, 15) is 13.5 Å². The van der Waals surface area contributed by atoms with Crippen molar-refractivity contribution in [1.29, 1.82) is 0 Å². The highest BCUT2D eigenvalue weighted by Crippen LogP contribution is 2.31. The van der Waals surface area contributed by atoms with E-state index in [1.807, 2.05) is 0 Å². The van der Waals surface area contributed by atoms with Gasteiger partial charge in [0.15, 0.2) is 0 Å². The molecule has 0 aromatic heterocycles. The minimum Gasteiger partial charge on any atom is -0.389 e. The Kier molecular flexibility index (Phi) is 3.75. The lowest BCUT2D eigenvalue weighted by Crippen LogP contribution is -2.29. The first-order valence-electron chi connectivity index (χ1n) is 6.15. The van der Waals surface area contributed by atoms with Crippen LogP contribution in [0.15, 0.2) is 29.2 Å². The van der Waals surface area contributed by atoms with Gasteiger partial charge in [0.2, 0.25) is 10.0 Å². The molecule has 1 aliphatic rings. The summed E-state index contributed by atoms with van der Waals surface area (Å²) in [5, 5.41) is 9.50. The molecule has 1 unspecified atom stereocenters. The number of nitrogens with zero attached hydrogens (tertiary/aromatic N) is 1. The highest BCUT2D eigenvalue weighted by Gasteiger charge is 2.29. The zero-order valence-corrected chi connectivity index (χ0v) is 11.5. The van der Waals surface area contributed by atoms with Gasteiger partial charge in [-0.15, -0.1) is 0 Å². The van der Waals surface area contributed by atoms with E-state index >= 15 is 0 Å². The highest BCUT2D eigenvalue weighted by atomic mass is 32.2. The second-order valence-electron chi connectivity index (χ2n) is 4.98. The van der Waals surface area contributed by atoms with E-state index in [0.717, 1.165) is 12.8 Å². The van der Waals surface area contributed by atoms with Crippen LogP contribution < -0.4 is 0 Å². The first-order chi connectivity index (χ1) is 8.41. The van der Waals surface area contributed by atoms with Gasteiger partial charge in [-0.2, -0.15) is 0 Å². The normalized spacial score (nSPS) is 18.0. The Labute approximate surface area is 108 Å². The number of aliphatic hydroxyl groups is 1. The molecular formula is C13H19NO3S. The second kappa shape index (κ2) is 4.99. The van der Waals surface area contributed by atoms with Crippen LogP contribution >= 0.6 is 0 Å². The third-order valence-corrected chi connectivity index (χ3v) is 5.08. The van der Waals surface area contributed by atoms with Crippen LogP contribution in [0.4, 0.5) is 0 Å². The lowest BCUT2D eigenvalue weighted by atomic mass is 10.1. The molecule has 1 aromatic rings. The lowest BCUT2D eigenvalue weighted by molar-refractivity contribution is 0.199. The van der Waals surface area contributed by atoms with Gasteiger partial charge in [0.1, 0.15) is 0 Å². The fourth-order valence-electron chi connectivity index (χ4n) is 1.88. The number of rotatable bonds is 5. The smallest absolute Gasteiger partial charge is 0.242 e. The molecule has 0 radical (unpaired) electrons. The lowest BCUT2D eigenvalue weighted by Gasteiger charge is -2.17. The molecule has 1 saturated carbocycles. The molecule has 4 nitrogen and oxygen atoms in total. The van der Waals surface area contributed by atoms with Crippen molar-refractivity contribution >= 4 is 10.0 Å². The molecule has 1 fully saturated rings. The molecule has 1 N–H and O–H groups in total. The Bertz CT molecular complexity index is 521. The van der Waals surface area contributed by atoms with Crippen molar-refractivity contribution in [1.82, 2.24) is 4.31 Å². The third kappa shape index (κ3) is 2.91. The van der Waals surface area contributed by atoms with Gasteiger partial charge in [0.05, 0.1) is 11.0 Å². The summed E-state index contributed by atoms with van der Waals surface area (Å²) >= 11 is 0. The van der Waals surface area contributed by atoms with Crippen LogP contribution in [-0.2, 0) is 10.0 Å². The topological polar surface area (TPSA) is 57.6 Å². The SMILES string of the molecule is CC(O)c1cccc(S(=O)(=O)N(C)CC2CC2)c1. The van der Waals surface area contributed by atoms with Crippen molar-refractivity contribution in [3.63, 3.8) is 0 Å². The maximum atomic E-state index is 12.3. The van der Waals surface area contributed by atoms with Gasteiger partial charge in [0.25, 0.3) is 0 Å². The number of sulfonamides is 1. The van der Waals surface area contributed by atoms with E-state index in [1.54, 1.807) is 38.2 Å². The van der Waals surface area contributed by atoms with E-state index in [4.69, 9.17) is 0 Å². The minimum atomic E-state index is -3.43. The fourth-order valence-corrected chi connectivity index (χ4v) is 3.18. The predicted molar refractivity (Wildman–Crippen MR) is 69.6 cm³/mol. The molecule has 0 saturated heterocycles.